The van der Waals surface area contributed by atoms with E-state index < -0.39 is 0 Å². The summed E-state index contributed by atoms with van der Waals surface area (Å²) in [4.78, 5) is 7.52. The number of allylic oxidation sites excluding steroid dienone is 3. The first-order valence-corrected chi connectivity index (χ1v) is 9.68. The Labute approximate surface area is 164 Å². The highest BCUT2D eigenvalue weighted by Gasteiger charge is 2.39. The van der Waals surface area contributed by atoms with Gasteiger partial charge in [0.25, 0.3) is 11.7 Å². The minimum Gasteiger partial charge on any atom is -0.477 e. The van der Waals surface area contributed by atoms with Crippen molar-refractivity contribution in [1.29, 1.82) is 0 Å². The zero-order chi connectivity index (χ0) is 19.1. The van der Waals surface area contributed by atoms with Gasteiger partial charge in [-0.1, -0.05) is 36.3 Å². The van der Waals surface area contributed by atoms with Crippen molar-refractivity contribution in [2.75, 3.05) is 0 Å². The van der Waals surface area contributed by atoms with E-state index in [-0.39, 0.29) is 5.88 Å². The Hall–Kier alpha value is -2.86. The molecule has 0 saturated carbocycles. The maximum atomic E-state index is 11.3. The Morgan fingerprint density at radius 3 is 2.78 bits per heavy atom. The molecule has 134 valence electrons. The second-order valence-corrected chi connectivity index (χ2v) is 8.10. The monoisotopic (exact) mass is 374 g/mol. The van der Waals surface area contributed by atoms with Gasteiger partial charge in [-0.05, 0) is 31.6 Å². The number of aryl methyl sites for hydroxylation is 1. The lowest BCUT2D eigenvalue weighted by Gasteiger charge is -2.29. The van der Waals surface area contributed by atoms with Crippen LogP contribution in [0.15, 0.2) is 72.5 Å². The largest absolute Gasteiger partial charge is 0.477 e. The molecule has 2 aliphatic rings. The van der Waals surface area contributed by atoms with E-state index in [4.69, 9.17) is 0 Å². The molecule has 1 aromatic heterocycles. The molecule has 27 heavy (non-hydrogen) atoms. The fourth-order valence-corrected chi connectivity index (χ4v) is 4.35. The predicted octanol–water partition coefficient (Wildman–Crippen LogP) is 2.85. The van der Waals surface area contributed by atoms with E-state index in [1.807, 2.05) is 48.2 Å². The van der Waals surface area contributed by atoms with Crippen molar-refractivity contribution in [3.8, 4) is 0 Å². The summed E-state index contributed by atoms with van der Waals surface area (Å²) in [5.41, 5.74) is 4.71. The number of amidine groups is 1. The number of fused-ring (bicyclic) bond motifs is 1. The number of hydrogen-bond donors (Lipinski definition) is 1. The third kappa shape index (κ3) is 2.96. The fourth-order valence-electron chi connectivity index (χ4n) is 3.57. The van der Waals surface area contributed by atoms with Crippen molar-refractivity contribution in [3.63, 3.8) is 0 Å². The Balaban J connectivity index is 1.94. The number of thiazole rings is 1. The van der Waals surface area contributed by atoms with Crippen LogP contribution in [-0.2, 0) is 6.54 Å². The third-order valence-corrected chi connectivity index (χ3v) is 5.77. The quantitative estimate of drug-likeness (QED) is 0.664. The highest BCUT2D eigenvalue weighted by molar-refractivity contribution is 7.11. The van der Waals surface area contributed by atoms with Gasteiger partial charge in [0.05, 0.1) is 16.1 Å². The highest BCUT2D eigenvalue weighted by atomic mass is 32.1. The molecule has 0 spiro atoms. The number of aliphatic hydroxyl groups excluding tert-OH is 1. The summed E-state index contributed by atoms with van der Waals surface area (Å²) in [5.74, 6) is 1.16. The van der Waals surface area contributed by atoms with Crippen molar-refractivity contribution in [2.24, 2.45) is 0 Å². The van der Waals surface area contributed by atoms with Crippen LogP contribution in [0.2, 0.25) is 0 Å². The molecule has 0 atom stereocenters. The SMILES string of the molecule is Bc1ccccc1C1=C(O)[N+](Cc2cnc(C)s2)=C2C(C)=CC=CN2C1=C. The summed E-state index contributed by atoms with van der Waals surface area (Å²) < 4.78 is 1.96. The second kappa shape index (κ2) is 6.70. The molecule has 2 aliphatic heterocycles. The van der Waals surface area contributed by atoms with Gasteiger partial charge in [0, 0.05) is 11.8 Å². The molecular weight excluding hydrogens is 353 g/mol. The summed E-state index contributed by atoms with van der Waals surface area (Å²) in [6, 6.07) is 8.08. The lowest BCUT2D eigenvalue weighted by molar-refractivity contribution is -0.525. The van der Waals surface area contributed by atoms with Crippen LogP contribution in [0.4, 0.5) is 0 Å². The highest BCUT2D eigenvalue weighted by Crippen LogP contribution is 2.34. The first-order valence-electron chi connectivity index (χ1n) is 8.86. The van der Waals surface area contributed by atoms with Gasteiger partial charge in [-0.2, -0.15) is 9.48 Å². The summed E-state index contributed by atoms with van der Waals surface area (Å²) in [5, 5.41) is 12.4. The standard InChI is InChI=1S/C21H20BN3OS/c1-13-7-6-10-24-14(2)19(17-8-4-5-9-18(17)22)21(26)25(20(13)24)12-16-11-23-15(3)27-16/h4-11H,2,12,22H2,1,3H3/p+1. The van der Waals surface area contributed by atoms with Gasteiger partial charge in [0.1, 0.15) is 25.7 Å². The summed E-state index contributed by atoms with van der Waals surface area (Å²) in [6.07, 6.45) is 7.94. The molecule has 0 radical (unpaired) electrons. The molecule has 2 aromatic rings. The van der Waals surface area contributed by atoms with Crippen LogP contribution < -0.4 is 5.46 Å². The molecular formula is C21H21BN3OS+. The van der Waals surface area contributed by atoms with Crippen LogP contribution in [0.3, 0.4) is 0 Å². The molecule has 1 aromatic carbocycles. The lowest BCUT2D eigenvalue weighted by Crippen LogP contribution is -2.40. The zero-order valence-electron chi connectivity index (χ0n) is 15.7. The fraction of sp³-hybridized carbons (Fsp3) is 0.143. The van der Waals surface area contributed by atoms with Crippen LogP contribution in [0, 0.1) is 6.92 Å². The molecule has 0 aliphatic carbocycles. The first-order chi connectivity index (χ1) is 13.0. The van der Waals surface area contributed by atoms with Crippen LogP contribution in [0.5, 0.6) is 0 Å². The molecule has 3 heterocycles. The van der Waals surface area contributed by atoms with E-state index in [2.05, 4.69) is 43.4 Å². The smallest absolute Gasteiger partial charge is 0.294 e. The summed E-state index contributed by atoms with van der Waals surface area (Å²) in [7, 11) is 2.05. The molecule has 4 rings (SSSR count). The Morgan fingerprint density at radius 2 is 2.07 bits per heavy atom. The van der Waals surface area contributed by atoms with Crippen molar-refractivity contribution in [1.82, 2.24) is 9.88 Å². The summed E-state index contributed by atoms with van der Waals surface area (Å²) in [6.45, 7) is 8.91. The van der Waals surface area contributed by atoms with Gasteiger partial charge in [-0.3, -0.25) is 0 Å². The number of aromatic nitrogens is 1. The first kappa shape index (κ1) is 17.6. The molecule has 0 unspecified atom stereocenters. The zero-order valence-corrected chi connectivity index (χ0v) is 16.5. The Kier molecular flexibility index (Phi) is 4.36. The van der Waals surface area contributed by atoms with Gasteiger partial charge in [0.15, 0.2) is 0 Å². The van der Waals surface area contributed by atoms with Crippen LogP contribution >= 0.6 is 11.3 Å². The minimum atomic E-state index is 0.231. The topological polar surface area (TPSA) is 39.4 Å². The number of hydrogen-bond acceptors (Lipinski definition) is 4. The van der Waals surface area contributed by atoms with Gasteiger partial charge in [-0.15, -0.1) is 11.3 Å². The molecule has 0 fully saturated rings. The van der Waals surface area contributed by atoms with E-state index >= 15 is 0 Å². The number of aliphatic hydroxyl groups is 1. The van der Waals surface area contributed by atoms with E-state index in [1.165, 1.54) is 0 Å². The van der Waals surface area contributed by atoms with E-state index in [9.17, 15) is 5.11 Å². The van der Waals surface area contributed by atoms with Crippen molar-refractivity contribution < 1.29 is 9.68 Å². The van der Waals surface area contributed by atoms with Gasteiger partial charge in [0.2, 0.25) is 0 Å². The molecule has 0 saturated heterocycles. The van der Waals surface area contributed by atoms with Crippen LogP contribution in [0.1, 0.15) is 22.4 Å². The molecule has 1 N–H and O–H groups in total. The molecule has 6 heteroatoms. The van der Waals surface area contributed by atoms with Gasteiger partial charge >= 0.3 is 0 Å². The molecule has 0 amide bonds. The van der Waals surface area contributed by atoms with Crippen molar-refractivity contribution >= 4 is 36.1 Å². The molecule has 0 bridgehead atoms. The number of benzene rings is 1. The van der Waals surface area contributed by atoms with E-state index in [0.29, 0.717) is 6.54 Å². The maximum absolute atomic E-state index is 11.3. The van der Waals surface area contributed by atoms with Gasteiger partial charge in [-0.25, -0.2) is 4.98 Å². The lowest BCUT2D eigenvalue weighted by atomic mass is 9.85. The molecule has 4 nitrogen and oxygen atoms in total. The number of rotatable bonds is 3. The van der Waals surface area contributed by atoms with Gasteiger partial charge < -0.3 is 5.11 Å². The average molecular weight is 374 g/mol. The average Bonchev–Trinajstić information content (AvgIpc) is 3.05. The van der Waals surface area contributed by atoms with Crippen molar-refractivity contribution in [2.45, 2.75) is 20.4 Å². The van der Waals surface area contributed by atoms with E-state index in [1.54, 1.807) is 11.3 Å². The Bertz CT molecular complexity index is 1070. The third-order valence-electron chi connectivity index (χ3n) is 4.87. The van der Waals surface area contributed by atoms with Crippen molar-refractivity contribution in [3.05, 3.63) is 88.0 Å². The minimum absolute atomic E-state index is 0.231. The van der Waals surface area contributed by atoms with E-state index in [0.717, 1.165) is 43.6 Å². The summed E-state index contributed by atoms with van der Waals surface area (Å²) >= 11 is 1.65. The van der Waals surface area contributed by atoms with Crippen LogP contribution in [-0.4, -0.2) is 33.2 Å². The number of nitrogens with zero attached hydrogens (tertiary/aromatic N) is 3. The predicted molar refractivity (Wildman–Crippen MR) is 114 cm³/mol. The normalized spacial score (nSPS) is 16.7. The van der Waals surface area contributed by atoms with Crippen LogP contribution in [0.25, 0.3) is 5.57 Å². The Morgan fingerprint density at radius 1 is 1.30 bits per heavy atom. The second-order valence-electron chi connectivity index (χ2n) is 6.78. The maximum Gasteiger partial charge on any atom is 0.294 e.